The zero-order valence-corrected chi connectivity index (χ0v) is 33.9. The van der Waals surface area contributed by atoms with Crippen molar-refractivity contribution in [2.75, 3.05) is 52.5 Å². The Morgan fingerprint density at radius 2 is 1.53 bits per heavy atom. The molecule has 7 heteroatoms. The van der Waals surface area contributed by atoms with Crippen molar-refractivity contribution in [2.24, 2.45) is 11.8 Å². The molecule has 2 heterocycles. The molecule has 0 radical (unpaired) electrons. The highest BCUT2D eigenvalue weighted by Crippen LogP contribution is 2.69. The molecule has 3 aliphatic carbocycles. The van der Waals surface area contributed by atoms with E-state index in [2.05, 4.69) is 95.9 Å². The highest BCUT2D eigenvalue weighted by molar-refractivity contribution is 6.11. The van der Waals surface area contributed by atoms with Gasteiger partial charge in [0.2, 0.25) is 0 Å². The van der Waals surface area contributed by atoms with Gasteiger partial charge in [-0.05, 0) is 112 Å². The molecule has 1 spiro atoms. The van der Waals surface area contributed by atoms with Crippen LogP contribution in [0.2, 0.25) is 0 Å². The third-order valence-corrected chi connectivity index (χ3v) is 14.3. The van der Waals surface area contributed by atoms with Gasteiger partial charge in [-0.25, -0.2) is 0 Å². The molecule has 6 aromatic carbocycles. The smallest absolute Gasteiger partial charge is 0.178 e. The average molecular weight is 800 g/mol. The van der Waals surface area contributed by atoms with Crippen LogP contribution in [-0.2, 0) is 22.4 Å². The predicted molar refractivity (Wildman–Crippen MR) is 240 cm³/mol. The highest BCUT2D eigenvalue weighted by atomic mass is 16.5. The maximum atomic E-state index is 9.88. The number of aliphatic hydroxyl groups is 1. The molecular weight excluding hydrogens is 747 g/mol. The number of anilines is 1. The maximum Gasteiger partial charge on any atom is 0.178 e. The highest BCUT2D eigenvalue weighted by Gasteiger charge is 2.58. The van der Waals surface area contributed by atoms with E-state index in [1.807, 2.05) is 24.3 Å². The van der Waals surface area contributed by atoms with E-state index in [-0.39, 0.29) is 19.4 Å². The summed E-state index contributed by atoms with van der Waals surface area (Å²) in [5.41, 5.74) is 11.6. The van der Waals surface area contributed by atoms with Gasteiger partial charge in [0.05, 0.1) is 46.8 Å². The summed E-state index contributed by atoms with van der Waals surface area (Å²) in [6.45, 7) is 2.89. The van der Waals surface area contributed by atoms with Crippen molar-refractivity contribution in [3.63, 3.8) is 0 Å². The fraction of sp³-hybridized carbons (Fsp3) is 0.321. The van der Waals surface area contributed by atoms with E-state index >= 15 is 0 Å². The lowest BCUT2D eigenvalue weighted by Crippen LogP contribution is -2.38. The van der Waals surface area contributed by atoms with Gasteiger partial charge in [-0.3, -0.25) is 0 Å². The van der Waals surface area contributed by atoms with Crippen LogP contribution in [-0.4, -0.2) is 52.7 Å². The Kier molecular flexibility index (Phi) is 9.45. The van der Waals surface area contributed by atoms with Crippen molar-refractivity contribution in [1.82, 2.24) is 0 Å². The third kappa shape index (κ3) is 5.55. The molecule has 5 aliphatic rings. The first kappa shape index (κ1) is 38.4. The number of nitrogens with zero attached hydrogens (tertiary/aromatic N) is 1. The van der Waals surface area contributed by atoms with Crippen molar-refractivity contribution >= 4 is 22.5 Å². The molecule has 6 aromatic rings. The van der Waals surface area contributed by atoms with Gasteiger partial charge < -0.3 is 33.7 Å². The van der Waals surface area contributed by atoms with Gasteiger partial charge in [0.25, 0.3) is 0 Å². The van der Waals surface area contributed by atoms with Gasteiger partial charge in [-0.2, -0.15) is 0 Å². The number of morpholine rings is 1. The second-order valence-electron chi connectivity index (χ2n) is 16.9. The minimum absolute atomic E-state index is 0. The van der Waals surface area contributed by atoms with Crippen LogP contribution in [0.1, 0.15) is 66.5 Å². The summed E-state index contributed by atoms with van der Waals surface area (Å²) in [5, 5.41) is 12.1. The van der Waals surface area contributed by atoms with Gasteiger partial charge in [-0.15, -0.1) is 0 Å². The topological polar surface area (TPSA) is 69.6 Å². The van der Waals surface area contributed by atoms with E-state index in [0.717, 1.165) is 86.8 Å². The Morgan fingerprint density at radius 3 is 2.23 bits per heavy atom. The SMILES string of the molecule is C.COc1ccc(C2(c3ccc(OC)c(N4CCOCC4)c3)C=Cc3c4c(c5cc(-c6ccc(CO)cc6)c(OC)cc5c3O2)-c2ccccc2C42CC3CCC2C3)cc1. The monoisotopic (exact) mass is 799 g/mol. The molecule has 1 saturated heterocycles. The molecule has 0 amide bonds. The van der Waals surface area contributed by atoms with Crippen LogP contribution in [0.25, 0.3) is 39.1 Å². The summed E-state index contributed by atoms with van der Waals surface area (Å²) in [4.78, 5) is 2.35. The van der Waals surface area contributed by atoms with Crippen LogP contribution in [0.3, 0.4) is 0 Å². The first-order chi connectivity index (χ1) is 29.0. The van der Waals surface area contributed by atoms with Gasteiger partial charge >= 0.3 is 0 Å². The standard InChI is InChI=1S/C52H49NO6.CH4/c1-55-38-17-14-35(15-18-38)52(37-16-19-46(56-2)45(27-37)53-22-24-58-25-23-53)21-20-40-49-48(39-6-4-5-7-44(39)51(49)30-33-10-13-36(51)26-33)42-28-41(34-11-8-32(31-54)9-12-34)47(57-3)29-43(42)50(40)59-52;/h4-9,11-12,14-21,27-29,33,36,54H,10,13,22-26,30-31H2,1-3H3;1H4. The first-order valence-corrected chi connectivity index (χ1v) is 21.1. The molecular formula is C53H53NO6. The molecule has 7 nitrogen and oxygen atoms in total. The number of hydrogen-bond acceptors (Lipinski definition) is 7. The van der Waals surface area contributed by atoms with Crippen LogP contribution in [0.5, 0.6) is 23.0 Å². The molecule has 4 unspecified atom stereocenters. The van der Waals surface area contributed by atoms with E-state index in [9.17, 15) is 5.11 Å². The Labute approximate surface area is 353 Å². The summed E-state index contributed by atoms with van der Waals surface area (Å²) in [7, 11) is 5.19. The van der Waals surface area contributed by atoms with Crippen LogP contribution < -0.4 is 23.8 Å². The number of fused-ring (bicyclic) bond motifs is 13. The van der Waals surface area contributed by atoms with Crippen molar-refractivity contribution in [3.8, 4) is 45.3 Å². The lowest BCUT2D eigenvalue weighted by atomic mass is 9.65. The Bertz CT molecular complexity index is 2640. The van der Waals surface area contributed by atoms with Gasteiger partial charge in [0.1, 0.15) is 23.0 Å². The molecule has 2 saturated carbocycles. The second kappa shape index (κ2) is 14.8. The normalized spacial score (nSPS) is 23.2. The van der Waals surface area contributed by atoms with E-state index < -0.39 is 5.60 Å². The Hall–Kier alpha value is -5.76. The number of ether oxygens (including phenoxy) is 5. The van der Waals surface area contributed by atoms with E-state index in [1.54, 1.807) is 21.3 Å². The summed E-state index contributed by atoms with van der Waals surface area (Å²) in [6.07, 6.45) is 9.65. The summed E-state index contributed by atoms with van der Waals surface area (Å²) < 4.78 is 31.6. The van der Waals surface area contributed by atoms with Crippen molar-refractivity contribution < 1.29 is 28.8 Å². The lowest BCUT2D eigenvalue weighted by molar-refractivity contribution is 0.122. The number of methoxy groups -OCH3 is 3. The van der Waals surface area contributed by atoms with Crippen molar-refractivity contribution in [2.45, 2.75) is 50.7 Å². The number of rotatable bonds is 8. The second-order valence-corrected chi connectivity index (χ2v) is 16.9. The molecule has 2 aliphatic heterocycles. The average Bonchev–Trinajstić information content (AvgIpc) is 4.01. The molecule has 11 rings (SSSR count). The van der Waals surface area contributed by atoms with Gasteiger partial charge in [0, 0.05) is 46.1 Å². The first-order valence-electron chi connectivity index (χ1n) is 21.1. The largest absolute Gasteiger partial charge is 0.497 e. The Balaban J connectivity index is 0.00000433. The molecule has 2 bridgehead atoms. The van der Waals surface area contributed by atoms with E-state index in [0.29, 0.717) is 25.0 Å². The number of benzene rings is 6. The van der Waals surface area contributed by atoms with Crippen LogP contribution in [0.15, 0.2) is 109 Å². The molecule has 4 atom stereocenters. The fourth-order valence-corrected chi connectivity index (χ4v) is 11.6. The lowest BCUT2D eigenvalue weighted by Gasteiger charge is -2.41. The van der Waals surface area contributed by atoms with E-state index in [1.165, 1.54) is 47.1 Å². The van der Waals surface area contributed by atoms with E-state index in [4.69, 9.17) is 23.7 Å². The quantitative estimate of drug-likeness (QED) is 0.164. The molecule has 60 heavy (non-hydrogen) atoms. The maximum absolute atomic E-state index is 9.88. The Morgan fingerprint density at radius 1 is 0.767 bits per heavy atom. The third-order valence-electron chi connectivity index (χ3n) is 14.3. The zero-order chi connectivity index (χ0) is 39.9. The van der Waals surface area contributed by atoms with Crippen LogP contribution in [0, 0.1) is 11.8 Å². The van der Waals surface area contributed by atoms with Crippen molar-refractivity contribution in [3.05, 3.63) is 143 Å². The minimum Gasteiger partial charge on any atom is -0.497 e. The summed E-state index contributed by atoms with van der Waals surface area (Å²) >= 11 is 0. The fourth-order valence-electron chi connectivity index (χ4n) is 11.6. The van der Waals surface area contributed by atoms with Crippen molar-refractivity contribution in [1.29, 1.82) is 0 Å². The summed E-state index contributed by atoms with van der Waals surface area (Å²) in [6, 6.07) is 36.7. The van der Waals surface area contributed by atoms with Crippen LogP contribution in [0.4, 0.5) is 5.69 Å². The van der Waals surface area contributed by atoms with Gasteiger partial charge in [0.15, 0.2) is 5.60 Å². The zero-order valence-electron chi connectivity index (χ0n) is 33.9. The molecule has 306 valence electrons. The van der Waals surface area contributed by atoms with Gasteiger partial charge in [-0.1, -0.05) is 86.7 Å². The molecule has 3 fully saturated rings. The predicted octanol–water partition coefficient (Wildman–Crippen LogP) is 10.9. The number of aliphatic hydroxyl groups excluding tert-OH is 1. The summed E-state index contributed by atoms with van der Waals surface area (Å²) in [5.74, 6) is 4.53. The minimum atomic E-state index is -0.993. The van der Waals surface area contributed by atoms with Crippen LogP contribution >= 0.6 is 0 Å². The molecule has 0 aromatic heterocycles. The molecule has 1 N–H and O–H groups in total. The number of hydrogen-bond donors (Lipinski definition) is 1.